The van der Waals surface area contributed by atoms with Crippen molar-refractivity contribution in [3.63, 3.8) is 0 Å². The van der Waals surface area contributed by atoms with Gasteiger partial charge in [-0.1, -0.05) is 63.2 Å². The average molecular weight is 250 g/mol. The highest BCUT2D eigenvalue weighted by Crippen LogP contribution is 2.29. The van der Waals surface area contributed by atoms with Gasteiger partial charge in [0.25, 0.3) is 0 Å². The third-order valence-corrected chi connectivity index (χ3v) is 4.08. The van der Waals surface area contributed by atoms with Crippen LogP contribution in [0.3, 0.4) is 0 Å². The third-order valence-electron chi connectivity index (χ3n) is 4.08. The van der Waals surface area contributed by atoms with E-state index in [0.29, 0.717) is 0 Å². The van der Waals surface area contributed by atoms with Crippen molar-refractivity contribution in [3.05, 3.63) is 23.3 Å². The molecule has 0 bridgehead atoms. The molecule has 0 radical (unpaired) electrons. The maximum atomic E-state index is 10.0. The minimum absolute atomic E-state index is 0.607. The first-order chi connectivity index (χ1) is 8.56. The van der Waals surface area contributed by atoms with Crippen LogP contribution in [-0.4, -0.2) is 10.7 Å². The van der Waals surface area contributed by atoms with E-state index in [-0.39, 0.29) is 0 Å². The van der Waals surface area contributed by atoms with E-state index in [0.717, 1.165) is 12.0 Å². The van der Waals surface area contributed by atoms with Gasteiger partial charge in [-0.05, 0) is 38.7 Å². The molecule has 18 heavy (non-hydrogen) atoms. The summed E-state index contributed by atoms with van der Waals surface area (Å²) in [6.45, 7) is 6.21. The lowest BCUT2D eigenvalue weighted by atomic mass is 9.85. The van der Waals surface area contributed by atoms with Gasteiger partial charge in [-0.2, -0.15) is 0 Å². The van der Waals surface area contributed by atoms with E-state index in [9.17, 15) is 5.11 Å². The Kier molecular flexibility index (Phi) is 6.70. The van der Waals surface area contributed by atoms with Crippen LogP contribution in [0.1, 0.15) is 78.6 Å². The minimum Gasteiger partial charge on any atom is -0.385 e. The Labute approximate surface area is 113 Å². The van der Waals surface area contributed by atoms with Gasteiger partial charge >= 0.3 is 0 Å². The molecule has 1 aliphatic carbocycles. The number of unbranched alkanes of at least 4 members (excludes halogenated alkanes) is 6. The minimum atomic E-state index is -0.607. The number of allylic oxidation sites excluding steroid dienone is 2. The van der Waals surface area contributed by atoms with Gasteiger partial charge in [-0.15, -0.1) is 0 Å². The lowest BCUT2D eigenvalue weighted by Gasteiger charge is -2.27. The highest BCUT2D eigenvalue weighted by atomic mass is 16.3. The largest absolute Gasteiger partial charge is 0.385 e. The van der Waals surface area contributed by atoms with Crippen LogP contribution >= 0.6 is 0 Å². The molecule has 0 aromatic carbocycles. The molecule has 1 rings (SSSR count). The molecule has 1 aliphatic rings. The van der Waals surface area contributed by atoms with Gasteiger partial charge < -0.3 is 5.11 Å². The number of aliphatic hydroxyl groups is 1. The first kappa shape index (κ1) is 15.5. The van der Waals surface area contributed by atoms with Crippen molar-refractivity contribution in [2.24, 2.45) is 0 Å². The zero-order valence-corrected chi connectivity index (χ0v) is 12.5. The summed E-state index contributed by atoms with van der Waals surface area (Å²) in [7, 11) is 0. The van der Waals surface area contributed by atoms with Crippen molar-refractivity contribution in [3.8, 4) is 0 Å². The number of rotatable bonds is 8. The molecule has 0 heterocycles. The van der Waals surface area contributed by atoms with Gasteiger partial charge in [0.15, 0.2) is 0 Å². The number of hydrogen-bond acceptors (Lipinski definition) is 1. The topological polar surface area (TPSA) is 20.2 Å². The molecule has 0 aromatic heterocycles. The molecular weight excluding hydrogens is 220 g/mol. The van der Waals surface area contributed by atoms with Crippen LogP contribution in [-0.2, 0) is 0 Å². The lowest BCUT2D eigenvalue weighted by Crippen LogP contribution is -2.26. The Balaban J connectivity index is 2.12. The van der Waals surface area contributed by atoms with E-state index in [1.54, 1.807) is 0 Å². The average Bonchev–Trinajstić information content (AvgIpc) is 2.33. The summed E-state index contributed by atoms with van der Waals surface area (Å²) in [5.41, 5.74) is 1.93. The van der Waals surface area contributed by atoms with Gasteiger partial charge in [0.1, 0.15) is 0 Å². The van der Waals surface area contributed by atoms with Gasteiger partial charge in [0.2, 0.25) is 0 Å². The summed E-state index contributed by atoms with van der Waals surface area (Å²) in [6, 6.07) is 0. The first-order valence-corrected chi connectivity index (χ1v) is 7.66. The van der Waals surface area contributed by atoms with Crippen molar-refractivity contribution in [1.82, 2.24) is 0 Å². The highest BCUT2D eigenvalue weighted by Gasteiger charge is 2.24. The fourth-order valence-corrected chi connectivity index (χ4v) is 2.44. The van der Waals surface area contributed by atoms with E-state index < -0.39 is 5.60 Å². The molecule has 0 aromatic rings. The maximum absolute atomic E-state index is 10.0. The van der Waals surface area contributed by atoms with Crippen LogP contribution < -0.4 is 0 Å². The fraction of sp³-hybridized carbons (Fsp3) is 0.765. The quantitative estimate of drug-likeness (QED) is 0.590. The zero-order valence-electron chi connectivity index (χ0n) is 12.5. The lowest BCUT2D eigenvalue weighted by molar-refractivity contribution is 0.100. The SMILES string of the molecule is CCCCCCCCCC1=CCC(C)(O)C(C)=C1. The zero-order chi connectivity index (χ0) is 13.4. The van der Waals surface area contributed by atoms with Gasteiger partial charge in [0.05, 0.1) is 5.60 Å². The molecule has 0 fully saturated rings. The van der Waals surface area contributed by atoms with E-state index in [1.165, 1.54) is 56.9 Å². The molecule has 1 nitrogen and oxygen atoms in total. The molecule has 1 N–H and O–H groups in total. The summed E-state index contributed by atoms with van der Waals surface area (Å²) < 4.78 is 0. The van der Waals surface area contributed by atoms with Crippen LogP contribution in [0.25, 0.3) is 0 Å². The summed E-state index contributed by atoms with van der Waals surface area (Å²) in [5.74, 6) is 0. The van der Waals surface area contributed by atoms with Crippen LogP contribution in [0.15, 0.2) is 23.3 Å². The Morgan fingerprint density at radius 3 is 2.33 bits per heavy atom. The van der Waals surface area contributed by atoms with Crippen molar-refractivity contribution in [2.75, 3.05) is 0 Å². The van der Waals surface area contributed by atoms with Gasteiger partial charge in [0, 0.05) is 0 Å². The molecular formula is C17H30O. The third kappa shape index (κ3) is 5.39. The van der Waals surface area contributed by atoms with Gasteiger partial charge in [-0.25, -0.2) is 0 Å². The second-order valence-electron chi connectivity index (χ2n) is 5.96. The van der Waals surface area contributed by atoms with Crippen molar-refractivity contribution in [1.29, 1.82) is 0 Å². The van der Waals surface area contributed by atoms with Crippen molar-refractivity contribution in [2.45, 2.75) is 84.2 Å². The molecule has 0 aliphatic heterocycles. The fourth-order valence-electron chi connectivity index (χ4n) is 2.44. The van der Waals surface area contributed by atoms with Crippen LogP contribution in [0.4, 0.5) is 0 Å². The molecule has 0 amide bonds. The van der Waals surface area contributed by atoms with Crippen LogP contribution in [0.2, 0.25) is 0 Å². The Bertz CT molecular complexity index is 297. The van der Waals surface area contributed by atoms with E-state index in [4.69, 9.17) is 0 Å². The standard InChI is InChI=1S/C17H30O/c1-4-5-6-7-8-9-10-11-16-12-13-17(3,18)15(2)14-16/h12,14,18H,4-11,13H2,1-3H3. The molecule has 1 atom stereocenters. The van der Waals surface area contributed by atoms with Crippen LogP contribution in [0, 0.1) is 0 Å². The molecule has 1 heteroatoms. The Morgan fingerprint density at radius 1 is 1.11 bits per heavy atom. The predicted molar refractivity (Wildman–Crippen MR) is 79.7 cm³/mol. The Morgan fingerprint density at radius 2 is 1.72 bits per heavy atom. The summed E-state index contributed by atoms with van der Waals surface area (Å²) in [5, 5.41) is 10.0. The van der Waals surface area contributed by atoms with Crippen molar-refractivity contribution >= 4 is 0 Å². The maximum Gasteiger partial charge on any atom is 0.0863 e. The summed E-state index contributed by atoms with van der Waals surface area (Å²) in [6.07, 6.45) is 15.9. The second kappa shape index (κ2) is 7.78. The summed E-state index contributed by atoms with van der Waals surface area (Å²) >= 11 is 0. The van der Waals surface area contributed by atoms with Crippen LogP contribution in [0.5, 0.6) is 0 Å². The molecule has 104 valence electrons. The molecule has 0 saturated heterocycles. The molecule has 0 saturated carbocycles. The first-order valence-electron chi connectivity index (χ1n) is 7.66. The van der Waals surface area contributed by atoms with E-state index in [2.05, 4.69) is 19.1 Å². The monoisotopic (exact) mass is 250 g/mol. The normalized spacial score (nSPS) is 23.8. The predicted octanol–water partition coefficient (Wildman–Crippen LogP) is 5.15. The van der Waals surface area contributed by atoms with Crippen molar-refractivity contribution < 1.29 is 5.11 Å². The highest BCUT2D eigenvalue weighted by molar-refractivity contribution is 5.32. The Hall–Kier alpha value is -0.560. The smallest absolute Gasteiger partial charge is 0.0863 e. The van der Waals surface area contributed by atoms with E-state index >= 15 is 0 Å². The van der Waals surface area contributed by atoms with E-state index in [1.807, 2.05) is 13.8 Å². The second-order valence-corrected chi connectivity index (χ2v) is 5.96. The molecule has 1 unspecified atom stereocenters. The molecule has 0 spiro atoms. The number of hydrogen-bond donors (Lipinski definition) is 1. The summed E-state index contributed by atoms with van der Waals surface area (Å²) in [4.78, 5) is 0. The van der Waals surface area contributed by atoms with Gasteiger partial charge in [-0.3, -0.25) is 0 Å².